The monoisotopic (exact) mass is 595 g/mol. The third-order valence-corrected chi connectivity index (χ3v) is 8.66. The van der Waals surface area contributed by atoms with Crippen LogP contribution in [0.5, 0.6) is 0 Å². The average molecular weight is 596 g/mol. The number of hydrogen-bond acceptors (Lipinski definition) is 9. The Morgan fingerprint density at radius 2 is 1.82 bits per heavy atom. The van der Waals surface area contributed by atoms with E-state index < -0.39 is 0 Å². The number of likely N-dealkylation sites (tertiary alicyclic amines) is 1. The van der Waals surface area contributed by atoms with Crippen molar-refractivity contribution in [1.82, 2.24) is 19.9 Å². The minimum atomic E-state index is -0.242. The van der Waals surface area contributed by atoms with Gasteiger partial charge in [-0.3, -0.25) is 9.88 Å². The van der Waals surface area contributed by atoms with Gasteiger partial charge in [0, 0.05) is 55.2 Å². The molecule has 3 aromatic carbocycles. The van der Waals surface area contributed by atoms with Crippen LogP contribution in [0.4, 0.5) is 11.5 Å². The molecule has 6 aromatic rings. The van der Waals surface area contributed by atoms with Crippen molar-refractivity contribution < 1.29 is 9.52 Å². The number of pyridine rings is 2. The summed E-state index contributed by atoms with van der Waals surface area (Å²) in [6.07, 6.45) is 4.28. The van der Waals surface area contributed by atoms with Crippen molar-refractivity contribution >= 4 is 33.5 Å². The summed E-state index contributed by atoms with van der Waals surface area (Å²) in [4.78, 5) is 16.4. The third kappa shape index (κ3) is 5.40. The van der Waals surface area contributed by atoms with Crippen LogP contribution < -0.4 is 11.1 Å². The topological polar surface area (TPSA) is 137 Å². The van der Waals surface area contributed by atoms with Crippen molar-refractivity contribution in [2.45, 2.75) is 39.5 Å². The lowest BCUT2D eigenvalue weighted by Gasteiger charge is -2.17. The first-order valence-electron chi connectivity index (χ1n) is 15.1. The van der Waals surface area contributed by atoms with E-state index in [4.69, 9.17) is 20.1 Å². The van der Waals surface area contributed by atoms with Gasteiger partial charge >= 0.3 is 0 Å². The number of β-amino-alcohol motifs (C(OH)–C–C–N with tert-alkyl or cyclic N) is 1. The minimum Gasteiger partial charge on any atom is -0.435 e. The third-order valence-electron chi connectivity index (χ3n) is 8.66. The summed E-state index contributed by atoms with van der Waals surface area (Å²) in [5.74, 6) is 1.16. The smallest absolute Gasteiger partial charge is 0.227 e. The van der Waals surface area contributed by atoms with E-state index in [-0.39, 0.29) is 6.10 Å². The molecule has 1 aliphatic heterocycles. The molecule has 7 rings (SSSR count). The Morgan fingerprint density at radius 1 is 1.02 bits per heavy atom. The normalized spacial score (nSPS) is 15.1. The predicted octanol–water partition coefficient (Wildman–Crippen LogP) is 6.36. The van der Waals surface area contributed by atoms with Crippen LogP contribution in [0, 0.1) is 25.2 Å². The first-order valence-corrected chi connectivity index (χ1v) is 15.1. The van der Waals surface area contributed by atoms with Gasteiger partial charge in [-0.05, 0) is 90.0 Å². The molecule has 4 heterocycles. The first kappa shape index (κ1) is 28.6. The SMILES string of the molecule is Cc1c(Nc2nccc3cc(CN4CC[C@@H](O)C4)cnc23)cccc1-c1cccc(-c2nc3cc(CN)cc(C#N)c3o2)c1C. The molecule has 0 saturated carbocycles. The van der Waals surface area contributed by atoms with Crippen molar-refractivity contribution in [3.05, 3.63) is 101 Å². The molecular weight excluding hydrogens is 562 g/mol. The molecule has 1 saturated heterocycles. The fourth-order valence-corrected chi connectivity index (χ4v) is 6.25. The molecule has 0 aliphatic carbocycles. The highest BCUT2D eigenvalue weighted by Gasteiger charge is 2.21. The molecule has 45 heavy (non-hydrogen) atoms. The van der Waals surface area contributed by atoms with Gasteiger partial charge in [-0.1, -0.05) is 24.3 Å². The van der Waals surface area contributed by atoms with Gasteiger partial charge in [-0.2, -0.15) is 5.26 Å². The standard InChI is InChI=1S/C36H33N7O2/c1-21-28(5-3-7-30(21)36-42-32-15-23(16-37)13-26(17-38)34(32)45-36)29-6-4-8-31(22(29)2)41-35-33-25(9-11-39-35)14-24(18-40-33)19-43-12-10-27(44)20-43/h3-9,11,13-15,18,27,44H,10,12,16,19-20,37H2,1-2H3,(H,39,41)/t27-/m1/s1. The number of rotatable bonds is 7. The van der Waals surface area contributed by atoms with Gasteiger partial charge in [0.15, 0.2) is 11.4 Å². The number of nitriles is 1. The summed E-state index contributed by atoms with van der Waals surface area (Å²) < 4.78 is 6.16. The zero-order chi connectivity index (χ0) is 31.1. The Labute approximate surface area is 261 Å². The van der Waals surface area contributed by atoms with E-state index in [1.165, 1.54) is 0 Å². The summed E-state index contributed by atoms with van der Waals surface area (Å²) in [5, 5.41) is 24.1. The van der Waals surface area contributed by atoms with Crippen LogP contribution in [0.1, 0.15) is 34.2 Å². The number of nitrogens with zero attached hydrogens (tertiary/aromatic N) is 5. The maximum atomic E-state index is 9.89. The molecule has 0 spiro atoms. The summed E-state index contributed by atoms with van der Waals surface area (Å²) in [7, 11) is 0. The second-order valence-electron chi connectivity index (χ2n) is 11.7. The molecule has 1 atom stereocenters. The number of anilines is 2. The zero-order valence-corrected chi connectivity index (χ0v) is 25.2. The van der Waals surface area contributed by atoms with Crippen LogP contribution >= 0.6 is 0 Å². The van der Waals surface area contributed by atoms with Crippen molar-refractivity contribution in [3.8, 4) is 28.7 Å². The molecule has 9 heteroatoms. The maximum Gasteiger partial charge on any atom is 0.227 e. The highest BCUT2D eigenvalue weighted by molar-refractivity contribution is 5.91. The van der Waals surface area contributed by atoms with Crippen LogP contribution in [0.2, 0.25) is 0 Å². The number of fused-ring (bicyclic) bond motifs is 2. The van der Waals surface area contributed by atoms with Gasteiger partial charge in [0.25, 0.3) is 0 Å². The van der Waals surface area contributed by atoms with Gasteiger partial charge in [-0.15, -0.1) is 0 Å². The molecule has 9 nitrogen and oxygen atoms in total. The Hall–Kier alpha value is -5.14. The number of nitrogens with two attached hydrogens (primary N) is 1. The van der Waals surface area contributed by atoms with E-state index >= 15 is 0 Å². The fraction of sp³-hybridized carbons (Fsp3) is 0.222. The molecule has 4 N–H and O–H groups in total. The molecule has 1 aliphatic rings. The molecule has 0 amide bonds. The number of aliphatic hydroxyl groups excluding tert-OH is 1. The zero-order valence-electron chi connectivity index (χ0n) is 25.2. The van der Waals surface area contributed by atoms with Crippen molar-refractivity contribution in [2.24, 2.45) is 5.73 Å². The average Bonchev–Trinajstić information content (AvgIpc) is 3.67. The van der Waals surface area contributed by atoms with Crippen molar-refractivity contribution in [1.29, 1.82) is 5.26 Å². The lowest BCUT2D eigenvalue weighted by atomic mass is 9.93. The lowest BCUT2D eigenvalue weighted by Crippen LogP contribution is -2.21. The van der Waals surface area contributed by atoms with Crippen LogP contribution in [0.25, 0.3) is 44.6 Å². The second kappa shape index (κ2) is 11.7. The molecular formula is C36H33N7O2. The quantitative estimate of drug-likeness (QED) is 0.192. The highest BCUT2D eigenvalue weighted by Crippen LogP contribution is 2.37. The Bertz CT molecular complexity index is 2110. The van der Waals surface area contributed by atoms with E-state index in [0.29, 0.717) is 41.5 Å². The summed E-state index contributed by atoms with van der Waals surface area (Å²) in [6, 6.07) is 22.2. The van der Waals surface area contributed by atoms with Gasteiger partial charge in [-0.25, -0.2) is 9.97 Å². The van der Waals surface area contributed by atoms with Crippen molar-refractivity contribution in [3.63, 3.8) is 0 Å². The molecule has 0 bridgehead atoms. The van der Waals surface area contributed by atoms with Gasteiger partial charge in [0.2, 0.25) is 5.89 Å². The van der Waals surface area contributed by atoms with E-state index in [9.17, 15) is 10.4 Å². The van der Waals surface area contributed by atoms with Crippen molar-refractivity contribution in [2.75, 3.05) is 18.4 Å². The fourth-order valence-electron chi connectivity index (χ4n) is 6.25. The Kier molecular flexibility index (Phi) is 7.47. The van der Waals surface area contributed by atoms with Crippen LogP contribution in [-0.2, 0) is 13.1 Å². The van der Waals surface area contributed by atoms with E-state index in [1.54, 1.807) is 12.3 Å². The summed E-state index contributed by atoms with van der Waals surface area (Å²) in [5.41, 5.74) is 16.1. The van der Waals surface area contributed by atoms with E-state index in [1.807, 2.05) is 42.6 Å². The van der Waals surface area contributed by atoms with Gasteiger partial charge in [0.05, 0.1) is 11.7 Å². The Morgan fingerprint density at radius 3 is 2.60 bits per heavy atom. The molecule has 1 fully saturated rings. The first-order chi connectivity index (χ1) is 21.9. The van der Waals surface area contributed by atoms with Crippen LogP contribution in [0.15, 0.2) is 77.5 Å². The number of hydrogen-bond donors (Lipinski definition) is 3. The number of benzene rings is 3. The van der Waals surface area contributed by atoms with Gasteiger partial charge < -0.3 is 20.6 Å². The van der Waals surface area contributed by atoms with Crippen LogP contribution in [-0.4, -0.2) is 44.2 Å². The predicted molar refractivity (Wildman–Crippen MR) is 176 cm³/mol. The number of aliphatic hydroxyl groups is 1. The van der Waals surface area contributed by atoms with Crippen LogP contribution in [0.3, 0.4) is 0 Å². The van der Waals surface area contributed by atoms with E-state index in [0.717, 1.165) is 75.0 Å². The number of aromatic nitrogens is 3. The second-order valence-corrected chi connectivity index (χ2v) is 11.7. The van der Waals surface area contributed by atoms with E-state index in [2.05, 4.69) is 53.3 Å². The maximum absolute atomic E-state index is 9.89. The molecule has 0 unspecified atom stereocenters. The van der Waals surface area contributed by atoms with Gasteiger partial charge in [0.1, 0.15) is 17.1 Å². The summed E-state index contributed by atoms with van der Waals surface area (Å²) >= 11 is 0. The molecule has 224 valence electrons. The lowest BCUT2D eigenvalue weighted by molar-refractivity contribution is 0.175. The highest BCUT2D eigenvalue weighted by atomic mass is 16.3. The minimum absolute atomic E-state index is 0.242. The molecule has 3 aromatic heterocycles. The largest absolute Gasteiger partial charge is 0.435 e. The number of oxazole rings is 1. The Balaban J connectivity index is 1.21. The summed E-state index contributed by atoms with van der Waals surface area (Å²) in [6.45, 7) is 6.84. The number of nitrogens with one attached hydrogen (secondary N) is 1. The molecule has 0 radical (unpaired) electrons.